The zero-order valence-electron chi connectivity index (χ0n) is 28.7. The predicted octanol–water partition coefficient (Wildman–Crippen LogP) is 6.10. The van der Waals surface area contributed by atoms with Crippen LogP contribution in [0.2, 0.25) is 0 Å². The first-order chi connectivity index (χ1) is 23.0. The van der Waals surface area contributed by atoms with Crippen molar-refractivity contribution in [3.63, 3.8) is 0 Å². The zero-order chi connectivity index (χ0) is 35.4. The van der Waals surface area contributed by atoms with Crippen LogP contribution >= 0.6 is 0 Å². The van der Waals surface area contributed by atoms with Crippen molar-refractivity contribution in [3.05, 3.63) is 80.9 Å². The molecular formula is C36H48N6O6. The second kappa shape index (κ2) is 17.6. The van der Waals surface area contributed by atoms with E-state index in [1.807, 2.05) is 0 Å². The fourth-order valence-electron chi connectivity index (χ4n) is 5.93. The number of hydrogen-bond donors (Lipinski definition) is 6. The molecule has 0 fully saturated rings. The monoisotopic (exact) mass is 660 g/mol. The molecule has 0 unspecified atom stereocenters. The summed E-state index contributed by atoms with van der Waals surface area (Å²) in [5.41, 5.74) is 20.8. The fraction of sp³-hybridized carbons (Fsp3) is 0.389. The number of anilines is 4. The number of ether oxygens (including phenoxy) is 2. The number of urea groups is 2. The third-order valence-corrected chi connectivity index (χ3v) is 8.07. The van der Waals surface area contributed by atoms with Gasteiger partial charge in [0.2, 0.25) is 0 Å². The summed E-state index contributed by atoms with van der Waals surface area (Å²) < 4.78 is 10.0. The topological polar surface area (TPSA) is 187 Å². The summed E-state index contributed by atoms with van der Waals surface area (Å²) in [5, 5.41) is 11.5. The number of carbonyl (C=O) groups is 4. The molecule has 48 heavy (non-hydrogen) atoms. The molecule has 258 valence electrons. The van der Waals surface area contributed by atoms with Crippen LogP contribution in [0.5, 0.6) is 0 Å². The Hall–Kier alpha value is -5.26. The van der Waals surface area contributed by atoms with E-state index in [1.54, 1.807) is 38.1 Å². The van der Waals surface area contributed by atoms with Gasteiger partial charge in [-0.1, -0.05) is 27.7 Å². The first-order valence-electron chi connectivity index (χ1n) is 16.4. The smallest absolute Gasteiger partial charge is 0.338 e. The lowest BCUT2D eigenvalue weighted by Gasteiger charge is -2.26. The number of amides is 4. The second-order valence-corrected chi connectivity index (χ2v) is 10.9. The molecule has 0 atom stereocenters. The van der Waals surface area contributed by atoms with Crippen molar-refractivity contribution in [2.75, 3.05) is 35.3 Å². The van der Waals surface area contributed by atoms with Gasteiger partial charge in [-0.3, -0.25) is 0 Å². The molecule has 3 aromatic rings. The van der Waals surface area contributed by atoms with E-state index < -0.39 is 24.0 Å². The van der Waals surface area contributed by atoms with E-state index in [4.69, 9.17) is 20.9 Å². The van der Waals surface area contributed by atoms with Crippen molar-refractivity contribution in [1.29, 1.82) is 0 Å². The van der Waals surface area contributed by atoms with E-state index in [2.05, 4.69) is 49.0 Å². The summed E-state index contributed by atoms with van der Waals surface area (Å²) in [6.07, 6.45) is 3.03. The van der Waals surface area contributed by atoms with Crippen molar-refractivity contribution in [2.45, 2.75) is 80.3 Å². The van der Waals surface area contributed by atoms with E-state index >= 15 is 0 Å². The molecule has 0 aliphatic carbocycles. The van der Waals surface area contributed by atoms with Crippen LogP contribution in [0.15, 0.2) is 36.4 Å². The molecule has 0 aromatic heterocycles. The van der Waals surface area contributed by atoms with Gasteiger partial charge < -0.3 is 42.2 Å². The Balaban J connectivity index is 1.82. The summed E-state index contributed by atoms with van der Waals surface area (Å²) in [5.74, 6) is -0.975. The number of nitrogen functional groups attached to an aromatic ring is 2. The van der Waals surface area contributed by atoms with E-state index in [1.165, 1.54) is 28.8 Å². The molecule has 12 nitrogen and oxygen atoms in total. The Kier molecular flexibility index (Phi) is 13.6. The van der Waals surface area contributed by atoms with Crippen LogP contribution in [0.4, 0.5) is 32.3 Å². The molecule has 4 amide bonds. The van der Waals surface area contributed by atoms with Gasteiger partial charge >= 0.3 is 24.0 Å². The first kappa shape index (κ1) is 37.2. The molecule has 0 saturated carbocycles. The number of benzene rings is 3. The number of nitrogens with one attached hydrogen (secondary N) is 4. The average Bonchev–Trinajstić information content (AvgIpc) is 3.07. The Bertz CT molecular complexity index is 1540. The van der Waals surface area contributed by atoms with Gasteiger partial charge in [0.1, 0.15) is 0 Å². The van der Waals surface area contributed by atoms with Crippen LogP contribution in [0.25, 0.3) is 0 Å². The quantitative estimate of drug-likeness (QED) is 0.0884. The van der Waals surface area contributed by atoms with Crippen molar-refractivity contribution in [2.24, 2.45) is 0 Å². The summed E-state index contributed by atoms with van der Waals surface area (Å²) in [7, 11) is 0. The summed E-state index contributed by atoms with van der Waals surface area (Å²) in [6, 6.07) is 8.28. The van der Waals surface area contributed by atoms with Crippen molar-refractivity contribution in [1.82, 2.24) is 10.6 Å². The second-order valence-electron chi connectivity index (χ2n) is 10.9. The minimum atomic E-state index is -0.488. The highest BCUT2D eigenvalue weighted by molar-refractivity contribution is 5.97. The first-order valence-corrected chi connectivity index (χ1v) is 16.4. The predicted molar refractivity (Wildman–Crippen MR) is 189 cm³/mol. The number of carbonyl (C=O) groups excluding carboxylic acids is 4. The number of esters is 2. The highest BCUT2D eigenvalue weighted by Gasteiger charge is 2.22. The number of hydrogen-bond acceptors (Lipinski definition) is 8. The summed E-state index contributed by atoms with van der Waals surface area (Å²) in [4.78, 5) is 50.2. The third-order valence-electron chi connectivity index (χ3n) is 8.07. The molecule has 0 radical (unpaired) electrons. The van der Waals surface area contributed by atoms with Gasteiger partial charge in [-0.05, 0) is 109 Å². The molecule has 0 aliphatic heterocycles. The van der Waals surface area contributed by atoms with Gasteiger partial charge in [0.25, 0.3) is 0 Å². The SMILES string of the molecule is CCOC(=O)c1ccc(NC(=O)NCc2c(CC)c(CC)c(CC)c(CNC(=O)Nc3ccc(C(=O)OCC)cc3N)c2CC)c(N)c1. The van der Waals surface area contributed by atoms with E-state index in [-0.39, 0.29) is 37.7 Å². The maximum absolute atomic E-state index is 13.1. The van der Waals surface area contributed by atoms with Gasteiger partial charge in [-0.2, -0.15) is 0 Å². The molecule has 3 rings (SSSR count). The van der Waals surface area contributed by atoms with Crippen LogP contribution in [-0.4, -0.2) is 37.2 Å². The lowest BCUT2D eigenvalue weighted by Crippen LogP contribution is -2.32. The minimum Gasteiger partial charge on any atom is -0.462 e. The Morgan fingerprint density at radius 2 is 0.875 bits per heavy atom. The van der Waals surface area contributed by atoms with Gasteiger partial charge in [-0.15, -0.1) is 0 Å². The van der Waals surface area contributed by atoms with Crippen LogP contribution in [-0.2, 0) is 48.2 Å². The van der Waals surface area contributed by atoms with Crippen molar-refractivity contribution < 1.29 is 28.7 Å². The fourth-order valence-corrected chi connectivity index (χ4v) is 5.93. The Morgan fingerprint density at radius 1 is 0.542 bits per heavy atom. The molecule has 8 N–H and O–H groups in total. The van der Waals surface area contributed by atoms with Crippen molar-refractivity contribution >= 4 is 46.8 Å². The van der Waals surface area contributed by atoms with Crippen LogP contribution < -0.4 is 32.7 Å². The average molecular weight is 661 g/mol. The molecule has 0 spiro atoms. The number of nitrogens with two attached hydrogens (primary N) is 2. The van der Waals surface area contributed by atoms with Crippen molar-refractivity contribution in [3.8, 4) is 0 Å². The normalized spacial score (nSPS) is 10.6. The molecular weight excluding hydrogens is 612 g/mol. The molecule has 12 heteroatoms. The van der Waals surface area contributed by atoms with Gasteiger partial charge in [0.05, 0.1) is 47.1 Å². The van der Waals surface area contributed by atoms with E-state index in [0.29, 0.717) is 28.9 Å². The van der Waals surface area contributed by atoms with Gasteiger partial charge in [0, 0.05) is 13.1 Å². The standard InChI is InChI=1S/C36H48N6O6/c1-7-23-24(8-2)27(19-39-35(45)41-31-15-13-21(17-29(31)37)33(43)47-11-5)26(10-4)28(25(23)9-3)20-40-36(46)42-32-16-14-22(18-30(32)38)34(44)48-12-6/h13-18H,7-12,19-20,37-38H2,1-6H3,(H2,39,41,45)(H2,40,42,46). The van der Waals surface area contributed by atoms with E-state index in [0.717, 1.165) is 36.0 Å². The summed E-state index contributed by atoms with van der Waals surface area (Å²) in [6.45, 7) is 12.8. The van der Waals surface area contributed by atoms with Gasteiger partial charge in [-0.25, -0.2) is 19.2 Å². The van der Waals surface area contributed by atoms with Crippen LogP contribution in [0.1, 0.15) is 95.6 Å². The molecule has 0 aliphatic rings. The maximum Gasteiger partial charge on any atom is 0.338 e. The van der Waals surface area contributed by atoms with E-state index in [9.17, 15) is 19.2 Å². The lowest BCUT2D eigenvalue weighted by molar-refractivity contribution is 0.0517. The highest BCUT2D eigenvalue weighted by atomic mass is 16.5. The molecule has 0 heterocycles. The molecule has 3 aromatic carbocycles. The Labute approximate surface area is 282 Å². The zero-order valence-corrected chi connectivity index (χ0v) is 28.7. The third kappa shape index (κ3) is 8.96. The Morgan fingerprint density at radius 3 is 1.19 bits per heavy atom. The van der Waals surface area contributed by atoms with Crippen LogP contribution in [0.3, 0.4) is 0 Å². The lowest BCUT2D eigenvalue weighted by atomic mass is 9.82. The molecule has 0 saturated heterocycles. The highest BCUT2D eigenvalue weighted by Crippen LogP contribution is 2.31. The number of rotatable bonds is 14. The minimum absolute atomic E-state index is 0.239. The van der Waals surface area contributed by atoms with Crippen LogP contribution in [0, 0.1) is 0 Å². The van der Waals surface area contributed by atoms with Gasteiger partial charge in [0.15, 0.2) is 0 Å². The largest absolute Gasteiger partial charge is 0.462 e. The maximum atomic E-state index is 13.1. The molecule has 0 bridgehead atoms. The summed E-state index contributed by atoms with van der Waals surface area (Å²) >= 11 is 0.